The molecule has 0 spiro atoms. The summed E-state index contributed by atoms with van der Waals surface area (Å²) in [5.41, 5.74) is 0. The van der Waals surface area contributed by atoms with Gasteiger partial charge in [-0.25, -0.2) is 0 Å². The predicted octanol–water partition coefficient (Wildman–Crippen LogP) is 2.13. The highest BCUT2D eigenvalue weighted by Gasteiger charge is 2.31. The Bertz CT molecular complexity index is 322. The number of hydrogen-bond donors (Lipinski definition) is 0. The van der Waals surface area contributed by atoms with Crippen LogP contribution < -0.4 is 0 Å². The number of nitrogens with zero attached hydrogens (tertiary/aromatic N) is 1. The summed E-state index contributed by atoms with van der Waals surface area (Å²) in [7, 11) is 2.76. The van der Waals surface area contributed by atoms with Crippen molar-refractivity contribution in [1.82, 2.24) is 4.67 Å². The van der Waals surface area contributed by atoms with Crippen molar-refractivity contribution in [2.45, 2.75) is 29.9 Å². The van der Waals surface area contributed by atoms with Gasteiger partial charge in [0, 0.05) is 11.4 Å². The van der Waals surface area contributed by atoms with Crippen LogP contribution in [0.3, 0.4) is 0 Å². The summed E-state index contributed by atoms with van der Waals surface area (Å²) in [5.74, 6) is 0.888. The highest BCUT2D eigenvalue weighted by Crippen LogP contribution is 2.27. The summed E-state index contributed by atoms with van der Waals surface area (Å²) in [5, 5.41) is 8.17. The van der Waals surface area contributed by atoms with Crippen molar-refractivity contribution < 1.29 is 5.11 Å². The topological polar surface area (TPSA) is 26.1 Å². The van der Waals surface area contributed by atoms with E-state index in [1.165, 1.54) is 17.7 Å². The second-order valence-corrected chi connectivity index (χ2v) is 5.93. The first-order valence-electron chi connectivity index (χ1n) is 5.67. The van der Waals surface area contributed by atoms with Gasteiger partial charge in [0.2, 0.25) is 0 Å². The van der Waals surface area contributed by atoms with Crippen molar-refractivity contribution >= 4 is 21.2 Å². The number of benzene rings is 1. The molecule has 1 aliphatic rings. The highest BCUT2D eigenvalue weighted by molar-refractivity contribution is 7.99. The zero-order chi connectivity index (χ0) is 11.4. The summed E-state index contributed by atoms with van der Waals surface area (Å²) in [4.78, 5) is 1.27. The van der Waals surface area contributed by atoms with Gasteiger partial charge in [0.1, 0.15) is 0 Å². The first-order chi connectivity index (χ1) is 7.77. The lowest BCUT2D eigenvalue weighted by Gasteiger charge is -2.21. The second-order valence-electron chi connectivity index (χ2n) is 4.18. The van der Waals surface area contributed by atoms with Crippen LogP contribution in [0.5, 0.6) is 0 Å². The largest absolute Gasteiger partial charge is 0.441 e. The zero-order valence-electron chi connectivity index (χ0n) is 9.30. The zero-order valence-corrected chi connectivity index (χ0v) is 11.3. The van der Waals surface area contributed by atoms with Gasteiger partial charge in [-0.05, 0) is 25.0 Å². The molecule has 3 unspecified atom stereocenters. The van der Waals surface area contributed by atoms with Crippen LogP contribution in [0.2, 0.25) is 0 Å². The van der Waals surface area contributed by atoms with E-state index in [0.29, 0.717) is 6.04 Å². The molecule has 0 bridgehead atoms. The lowest BCUT2D eigenvalue weighted by molar-refractivity contribution is 0.131. The van der Waals surface area contributed by atoms with Gasteiger partial charge in [0.25, 0.3) is 0 Å². The monoisotopic (exact) mass is 256 g/mol. The first-order valence-corrected chi connectivity index (χ1v) is 7.18. The van der Waals surface area contributed by atoms with Crippen molar-refractivity contribution in [3.8, 4) is 0 Å². The average Bonchev–Trinajstić information content (AvgIpc) is 2.74. The molecule has 2 N–H and O–H groups in total. The average molecular weight is 256 g/mol. The van der Waals surface area contributed by atoms with E-state index >= 15 is 0 Å². The third kappa shape index (κ3) is 3.21. The molecule has 4 heteroatoms. The van der Waals surface area contributed by atoms with E-state index in [1.54, 1.807) is 11.8 Å². The van der Waals surface area contributed by atoms with Gasteiger partial charge in [0.15, 0.2) is 6.10 Å². The Labute approximate surface area is 104 Å². The van der Waals surface area contributed by atoms with Gasteiger partial charge in [-0.2, -0.15) is 0 Å². The van der Waals surface area contributed by atoms with Crippen molar-refractivity contribution in [3.05, 3.63) is 30.3 Å². The van der Waals surface area contributed by atoms with Crippen molar-refractivity contribution in [1.29, 1.82) is 0 Å². The molecule has 0 aliphatic carbocycles. The van der Waals surface area contributed by atoms with Crippen molar-refractivity contribution in [2.75, 3.05) is 12.3 Å². The maximum atomic E-state index is 8.17. The van der Waals surface area contributed by atoms with E-state index in [9.17, 15) is 0 Å². The molecule has 1 saturated heterocycles. The van der Waals surface area contributed by atoms with E-state index in [0.717, 1.165) is 12.3 Å². The molecule has 16 heavy (non-hydrogen) atoms. The summed E-state index contributed by atoms with van der Waals surface area (Å²) in [6.07, 6.45) is 2.43. The van der Waals surface area contributed by atoms with Crippen LogP contribution in [-0.2, 0) is 0 Å². The lowest BCUT2D eigenvalue weighted by atomic mass is 10.1. The minimum atomic E-state index is 0.0187. The number of hydrogen-bond acceptors (Lipinski definition) is 2. The summed E-state index contributed by atoms with van der Waals surface area (Å²) in [6.45, 7) is 1.13. The summed E-state index contributed by atoms with van der Waals surface area (Å²) < 4.78 is 2.25. The van der Waals surface area contributed by atoms with Crippen LogP contribution in [0.4, 0.5) is 0 Å². The lowest BCUT2D eigenvalue weighted by Crippen LogP contribution is -2.34. The molecule has 0 saturated carbocycles. The Morgan fingerprint density at radius 1 is 1.44 bits per heavy atom. The SMILES string of the molecule is [OH2+]C(CSc1ccccc1)C1CCCN1P. The fraction of sp³-hybridized carbons (Fsp3) is 0.500. The fourth-order valence-corrected chi connectivity index (χ4v) is 3.54. The van der Waals surface area contributed by atoms with Crippen molar-refractivity contribution in [3.63, 3.8) is 0 Å². The van der Waals surface area contributed by atoms with E-state index < -0.39 is 0 Å². The maximum absolute atomic E-state index is 8.17. The minimum absolute atomic E-state index is 0.0187. The number of thioether (sulfide) groups is 1. The maximum Gasteiger partial charge on any atom is 0.179 e. The molecule has 1 aromatic rings. The molecule has 3 atom stereocenters. The van der Waals surface area contributed by atoms with Crippen molar-refractivity contribution in [2.24, 2.45) is 0 Å². The van der Waals surface area contributed by atoms with Crippen LogP contribution in [0.15, 0.2) is 35.2 Å². The molecular weight excluding hydrogens is 237 g/mol. The van der Waals surface area contributed by atoms with Gasteiger partial charge >= 0.3 is 0 Å². The Hall–Kier alpha value is -0.0800. The van der Waals surface area contributed by atoms with Gasteiger partial charge < -0.3 is 5.11 Å². The first kappa shape index (κ1) is 12.4. The van der Waals surface area contributed by atoms with Crippen LogP contribution >= 0.6 is 21.2 Å². The third-order valence-electron chi connectivity index (χ3n) is 2.98. The Morgan fingerprint density at radius 2 is 2.19 bits per heavy atom. The third-order valence-corrected chi connectivity index (χ3v) is 4.75. The molecule has 88 valence electrons. The molecule has 1 fully saturated rings. The Kier molecular flexibility index (Phi) is 4.66. The normalized spacial score (nSPS) is 23.5. The highest BCUT2D eigenvalue weighted by atomic mass is 32.2. The molecule has 1 heterocycles. The molecule has 1 aromatic carbocycles. The van der Waals surface area contributed by atoms with Crippen LogP contribution in [0, 0.1) is 0 Å². The van der Waals surface area contributed by atoms with Gasteiger partial charge in [-0.15, -0.1) is 11.8 Å². The molecular formula is C12H19NOPS+. The van der Waals surface area contributed by atoms with E-state index in [-0.39, 0.29) is 6.10 Å². The van der Waals surface area contributed by atoms with E-state index in [1.807, 2.05) is 6.07 Å². The van der Waals surface area contributed by atoms with E-state index in [4.69, 9.17) is 5.11 Å². The predicted molar refractivity (Wildman–Crippen MR) is 74.0 cm³/mol. The van der Waals surface area contributed by atoms with Gasteiger partial charge in [-0.3, -0.25) is 4.67 Å². The fourth-order valence-electron chi connectivity index (χ4n) is 2.06. The van der Waals surface area contributed by atoms with Gasteiger partial charge in [-0.1, -0.05) is 27.6 Å². The summed E-state index contributed by atoms with van der Waals surface area (Å²) in [6, 6.07) is 10.8. The smallest absolute Gasteiger partial charge is 0.179 e. The molecule has 0 amide bonds. The Morgan fingerprint density at radius 3 is 2.81 bits per heavy atom. The van der Waals surface area contributed by atoms with Crippen LogP contribution in [0.1, 0.15) is 12.8 Å². The minimum Gasteiger partial charge on any atom is -0.441 e. The van der Waals surface area contributed by atoms with E-state index in [2.05, 4.69) is 38.3 Å². The van der Waals surface area contributed by atoms with Gasteiger partial charge in [0.05, 0.1) is 11.8 Å². The second kappa shape index (κ2) is 6.02. The number of rotatable bonds is 4. The molecule has 2 nitrogen and oxygen atoms in total. The van der Waals surface area contributed by atoms with Crippen LogP contribution in [0.25, 0.3) is 0 Å². The molecule has 0 aromatic heterocycles. The molecule has 2 rings (SSSR count). The molecule has 1 aliphatic heterocycles. The van der Waals surface area contributed by atoms with Crippen LogP contribution in [-0.4, -0.2) is 34.2 Å². The Balaban J connectivity index is 1.81. The quantitative estimate of drug-likeness (QED) is 0.468. The standard InChI is InChI=1S/C12H18NOPS/c14-12(11-7-4-8-13(11)15)9-16-10-5-2-1-3-6-10/h1-3,5-6,11-12,14H,4,7-9,15H2/p+1. The summed E-state index contributed by atoms with van der Waals surface area (Å²) >= 11 is 1.79. The molecule has 0 radical (unpaired) electrons.